The zero-order valence-electron chi connectivity index (χ0n) is 15.2. The molecule has 0 atom stereocenters. The van der Waals surface area contributed by atoms with E-state index in [-0.39, 0.29) is 18.3 Å². The standard InChI is InChI=1S/C21H20ClFN2O3/c22-17-4-2-6-19(14-17)24-9-11-25(12-10-24)20(26)15-28-21(27)8-7-16-3-1-5-18(23)13-16/h1-8,13-14H,9-12,15H2/b8-7+. The van der Waals surface area contributed by atoms with Crippen molar-refractivity contribution >= 4 is 35.2 Å². The molecule has 3 rings (SSSR count). The second kappa shape index (κ2) is 9.37. The number of carbonyl (C=O) groups is 2. The Balaban J connectivity index is 1.43. The number of hydrogen-bond acceptors (Lipinski definition) is 4. The highest BCUT2D eigenvalue weighted by Crippen LogP contribution is 2.20. The van der Waals surface area contributed by atoms with Crippen molar-refractivity contribution in [2.24, 2.45) is 0 Å². The van der Waals surface area contributed by atoms with Crippen LogP contribution in [0.25, 0.3) is 6.08 Å². The maximum absolute atomic E-state index is 13.1. The zero-order valence-corrected chi connectivity index (χ0v) is 15.9. The molecule has 1 saturated heterocycles. The summed E-state index contributed by atoms with van der Waals surface area (Å²) in [7, 11) is 0. The molecule has 28 heavy (non-hydrogen) atoms. The average Bonchev–Trinajstić information content (AvgIpc) is 2.70. The maximum Gasteiger partial charge on any atom is 0.331 e. The van der Waals surface area contributed by atoms with Crippen LogP contribution in [0.15, 0.2) is 54.6 Å². The average molecular weight is 403 g/mol. The van der Waals surface area contributed by atoms with Crippen LogP contribution in [0.4, 0.5) is 10.1 Å². The summed E-state index contributed by atoms with van der Waals surface area (Å²) in [5.74, 6) is -1.27. The third-order valence-corrected chi connectivity index (χ3v) is 4.64. The molecule has 0 saturated carbocycles. The Labute approximate surface area is 168 Å². The van der Waals surface area contributed by atoms with Crippen molar-refractivity contribution in [1.29, 1.82) is 0 Å². The van der Waals surface area contributed by atoms with Gasteiger partial charge in [0, 0.05) is 43.0 Å². The van der Waals surface area contributed by atoms with Crippen LogP contribution in [0.5, 0.6) is 0 Å². The van der Waals surface area contributed by atoms with Crippen LogP contribution in [-0.4, -0.2) is 49.6 Å². The first-order valence-corrected chi connectivity index (χ1v) is 9.28. The van der Waals surface area contributed by atoms with Crippen molar-refractivity contribution in [3.63, 3.8) is 0 Å². The Kier molecular flexibility index (Phi) is 6.66. The summed E-state index contributed by atoms with van der Waals surface area (Å²) in [6.45, 7) is 2.13. The molecule has 5 nitrogen and oxygen atoms in total. The Morgan fingerprint density at radius 3 is 2.54 bits per heavy atom. The normalized spacial score (nSPS) is 14.4. The highest BCUT2D eigenvalue weighted by molar-refractivity contribution is 6.30. The van der Waals surface area contributed by atoms with Gasteiger partial charge in [0.1, 0.15) is 5.82 Å². The molecule has 2 aromatic carbocycles. The topological polar surface area (TPSA) is 49.9 Å². The molecule has 0 N–H and O–H groups in total. The zero-order chi connectivity index (χ0) is 19.9. The lowest BCUT2D eigenvalue weighted by Crippen LogP contribution is -2.49. The Morgan fingerprint density at radius 2 is 1.82 bits per heavy atom. The fourth-order valence-electron chi connectivity index (χ4n) is 2.93. The van der Waals surface area contributed by atoms with Crippen LogP contribution in [-0.2, 0) is 14.3 Å². The number of esters is 1. The SMILES string of the molecule is O=C(/C=C/c1cccc(F)c1)OCC(=O)N1CCN(c2cccc(Cl)c2)CC1. The van der Waals surface area contributed by atoms with Gasteiger partial charge in [-0.2, -0.15) is 0 Å². The predicted octanol–water partition coefficient (Wildman–Crippen LogP) is 3.38. The summed E-state index contributed by atoms with van der Waals surface area (Å²) >= 11 is 6.02. The quantitative estimate of drug-likeness (QED) is 0.568. The molecule has 0 unspecified atom stereocenters. The first-order chi connectivity index (χ1) is 13.5. The number of ether oxygens (including phenoxy) is 1. The molecular formula is C21H20ClFN2O3. The van der Waals surface area contributed by atoms with Crippen LogP contribution >= 0.6 is 11.6 Å². The molecule has 1 fully saturated rings. The van der Waals surface area contributed by atoms with Gasteiger partial charge in [0.2, 0.25) is 0 Å². The summed E-state index contributed by atoms with van der Waals surface area (Å²) in [4.78, 5) is 27.8. The number of hydrogen-bond donors (Lipinski definition) is 0. The van der Waals surface area contributed by atoms with Gasteiger partial charge in [0.25, 0.3) is 5.91 Å². The molecule has 0 bridgehead atoms. The number of nitrogens with zero attached hydrogens (tertiary/aromatic N) is 2. The summed E-state index contributed by atoms with van der Waals surface area (Å²) in [5, 5.41) is 0.675. The fraction of sp³-hybridized carbons (Fsp3) is 0.238. The van der Waals surface area contributed by atoms with Gasteiger partial charge in [-0.25, -0.2) is 9.18 Å². The summed E-state index contributed by atoms with van der Waals surface area (Å²) in [6.07, 6.45) is 2.62. The molecule has 1 aliphatic heterocycles. The van der Waals surface area contributed by atoms with Crippen LogP contribution in [0.1, 0.15) is 5.56 Å². The fourth-order valence-corrected chi connectivity index (χ4v) is 3.12. The lowest BCUT2D eigenvalue weighted by atomic mass is 10.2. The molecule has 1 aliphatic rings. The number of carbonyl (C=O) groups excluding carboxylic acids is 2. The maximum atomic E-state index is 13.1. The van der Waals surface area contributed by atoms with Gasteiger partial charge >= 0.3 is 5.97 Å². The summed E-state index contributed by atoms with van der Waals surface area (Å²) < 4.78 is 18.1. The number of piperazine rings is 1. The van der Waals surface area contributed by atoms with E-state index in [1.165, 1.54) is 24.3 Å². The predicted molar refractivity (Wildman–Crippen MR) is 107 cm³/mol. The van der Waals surface area contributed by atoms with Crippen molar-refractivity contribution in [1.82, 2.24) is 4.90 Å². The van der Waals surface area contributed by atoms with Crippen LogP contribution in [0.3, 0.4) is 0 Å². The minimum atomic E-state index is -0.643. The molecule has 0 radical (unpaired) electrons. The number of halogens is 2. The van der Waals surface area contributed by atoms with Crippen molar-refractivity contribution < 1.29 is 18.7 Å². The largest absolute Gasteiger partial charge is 0.452 e. The number of rotatable bonds is 5. The second-order valence-corrected chi connectivity index (χ2v) is 6.78. The van der Waals surface area contributed by atoms with Crippen molar-refractivity contribution in [2.45, 2.75) is 0 Å². The van der Waals surface area contributed by atoms with E-state index in [1.807, 2.05) is 24.3 Å². The third kappa shape index (κ3) is 5.57. The van der Waals surface area contributed by atoms with Crippen LogP contribution in [0.2, 0.25) is 5.02 Å². The highest BCUT2D eigenvalue weighted by Gasteiger charge is 2.22. The molecule has 0 aliphatic carbocycles. The van der Waals surface area contributed by atoms with Gasteiger partial charge in [-0.3, -0.25) is 4.79 Å². The molecule has 0 spiro atoms. The molecule has 7 heteroatoms. The molecule has 0 aromatic heterocycles. The van der Waals surface area contributed by atoms with E-state index >= 15 is 0 Å². The lowest BCUT2D eigenvalue weighted by molar-refractivity contribution is -0.148. The van der Waals surface area contributed by atoms with Crippen LogP contribution in [0, 0.1) is 5.82 Å². The van der Waals surface area contributed by atoms with E-state index in [1.54, 1.807) is 17.0 Å². The molecular weight excluding hydrogens is 383 g/mol. The molecule has 146 valence electrons. The summed E-state index contributed by atoms with van der Waals surface area (Å²) in [5.41, 5.74) is 1.56. The van der Waals surface area contributed by atoms with Crippen molar-refractivity contribution in [2.75, 3.05) is 37.7 Å². The third-order valence-electron chi connectivity index (χ3n) is 4.40. The number of anilines is 1. The Hall–Kier alpha value is -2.86. The van der Waals surface area contributed by atoms with E-state index in [0.29, 0.717) is 36.8 Å². The molecule has 1 heterocycles. The van der Waals surface area contributed by atoms with Crippen molar-refractivity contribution in [3.8, 4) is 0 Å². The van der Waals surface area contributed by atoms with E-state index in [2.05, 4.69) is 4.90 Å². The van der Waals surface area contributed by atoms with Gasteiger partial charge in [-0.1, -0.05) is 29.8 Å². The van der Waals surface area contributed by atoms with Gasteiger partial charge in [-0.05, 0) is 42.0 Å². The first kappa shape index (κ1) is 19.9. The minimum absolute atomic E-state index is 0.238. The van der Waals surface area contributed by atoms with E-state index in [4.69, 9.17) is 16.3 Å². The lowest BCUT2D eigenvalue weighted by Gasteiger charge is -2.36. The van der Waals surface area contributed by atoms with E-state index in [0.717, 1.165) is 5.69 Å². The Morgan fingerprint density at radius 1 is 1.07 bits per heavy atom. The van der Waals surface area contributed by atoms with E-state index in [9.17, 15) is 14.0 Å². The second-order valence-electron chi connectivity index (χ2n) is 6.34. The number of benzene rings is 2. The molecule has 1 amide bonds. The Bertz CT molecular complexity index is 879. The molecule has 2 aromatic rings. The first-order valence-electron chi connectivity index (χ1n) is 8.90. The highest BCUT2D eigenvalue weighted by atomic mass is 35.5. The van der Waals surface area contributed by atoms with Gasteiger partial charge in [0.15, 0.2) is 6.61 Å². The minimum Gasteiger partial charge on any atom is -0.452 e. The monoisotopic (exact) mass is 402 g/mol. The van der Waals surface area contributed by atoms with E-state index < -0.39 is 5.97 Å². The van der Waals surface area contributed by atoms with Gasteiger partial charge in [-0.15, -0.1) is 0 Å². The van der Waals surface area contributed by atoms with Crippen molar-refractivity contribution in [3.05, 3.63) is 71.0 Å². The van der Waals surface area contributed by atoms with Crippen LogP contribution < -0.4 is 4.90 Å². The van der Waals surface area contributed by atoms with Gasteiger partial charge in [0.05, 0.1) is 0 Å². The number of amides is 1. The smallest absolute Gasteiger partial charge is 0.331 e. The van der Waals surface area contributed by atoms with Gasteiger partial charge < -0.3 is 14.5 Å². The summed E-state index contributed by atoms with van der Waals surface area (Å²) in [6, 6.07) is 13.4.